The van der Waals surface area contributed by atoms with E-state index < -0.39 is 11.9 Å². The number of benzene rings is 2. The lowest BCUT2D eigenvalue weighted by atomic mass is 10.0. The SMILES string of the molecule is CC(=O)c1ccc(-c2cnc(N)c(OC(C)c3c(Cl)ccc(F)c3Cl)c2)cc1. The van der Waals surface area contributed by atoms with E-state index in [1.54, 1.807) is 31.3 Å². The van der Waals surface area contributed by atoms with E-state index in [0.29, 0.717) is 21.9 Å². The maximum absolute atomic E-state index is 13.8. The van der Waals surface area contributed by atoms with Crippen LogP contribution in [0.15, 0.2) is 48.7 Å². The Morgan fingerprint density at radius 1 is 1.14 bits per heavy atom. The third-order valence-corrected chi connectivity index (χ3v) is 5.01. The quantitative estimate of drug-likeness (QED) is 0.400. The highest BCUT2D eigenvalue weighted by Crippen LogP contribution is 2.36. The second-order valence-corrected chi connectivity index (χ2v) is 7.04. The molecule has 1 aromatic heterocycles. The minimum Gasteiger partial charge on any atom is -0.482 e. The van der Waals surface area contributed by atoms with E-state index in [1.165, 1.54) is 19.1 Å². The largest absolute Gasteiger partial charge is 0.482 e. The summed E-state index contributed by atoms with van der Waals surface area (Å²) < 4.78 is 19.7. The molecule has 3 rings (SSSR count). The summed E-state index contributed by atoms with van der Waals surface area (Å²) in [6, 6.07) is 11.5. The van der Waals surface area contributed by atoms with Gasteiger partial charge in [0.2, 0.25) is 0 Å². The second kappa shape index (κ2) is 8.17. The number of halogens is 3. The van der Waals surface area contributed by atoms with Gasteiger partial charge in [0, 0.05) is 27.9 Å². The first-order valence-corrected chi connectivity index (χ1v) is 9.20. The van der Waals surface area contributed by atoms with Crippen molar-refractivity contribution in [2.45, 2.75) is 20.0 Å². The number of carbonyl (C=O) groups excluding carboxylic acids is 1. The summed E-state index contributed by atoms with van der Waals surface area (Å²) in [4.78, 5) is 15.6. The summed E-state index contributed by atoms with van der Waals surface area (Å²) in [5, 5.41) is 0.198. The lowest BCUT2D eigenvalue weighted by Crippen LogP contribution is -2.08. The van der Waals surface area contributed by atoms with Gasteiger partial charge in [0.1, 0.15) is 11.9 Å². The number of anilines is 1. The Bertz CT molecular complexity index is 1040. The molecule has 0 aliphatic carbocycles. The van der Waals surface area contributed by atoms with Crippen molar-refractivity contribution in [3.05, 3.63) is 75.7 Å². The molecule has 2 aromatic carbocycles. The number of hydrogen-bond donors (Lipinski definition) is 1. The van der Waals surface area contributed by atoms with Gasteiger partial charge in [-0.2, -0.15) is 0 Å². The fourth-order valence-corrected chi connectivity index (χ4v) is 3.45. The monoisotopic (exact) mass is 418 g/mol. The number of Topliss-reactive ketones (excluding diaryl/α,β-unsaturated/α-hetero) is 1. The van der Waals surface area contributed by atoms with E-state index in [9.17, 15) is 9.18 Å². The van der Waals surface area contributed by atoms with Gasteiger partial charge in [-0.05, 0) is 37.6 Å². The van der Waals surface area contributed by atoms with Crippen molar-refractivity contribution in [1.82, 2.24) is 4.98 Å². The highest BCUT2D eigenvalue weighted by atomic mass is 35.5. The number of aromatic nitrogens is 1. The Hall–Kier alpha value is -2.63. The molecule has 0 saturated carbocycles. The van der Waals surface area contributed by atoms with E-state index in [1.807, 2.05) is 12.1 Å². The first-order chi connectivity index (χ1) is 13.3. The average Bonchev–Trinajstić information content (AvgIpc) is 2.67. The van der Waals surface area contributed by atoms with Gasteiger partial charge >= 0.3 is 0 Å². The molecule has 3 aromatic rings. The van der Waals surface area contributed by atoms with Gasteiger partial charge in [-0.25, -0.2) is 9.37 Å². The molecule has 0 aliphatic rings. The van der Waals surface area contributed by atoms with Gasteiger partial charge in [0.15, 0.2) is 17.4 Å². The standard InChI is InChI=1S/C21H17Cl2FN2O2/c1-11(27)13-3-5-14(6-4-13)15-9-18(21(25)26-10-15)28-12(2)19-16(22)7-8-17(24)20(19)23/h3-10,12H,1-2H3,(H2,25,26). The third kappa shape index (κ3) is 4.11. The maximum atomic E-state index is 13.8. The summed E-state index contributed by atoms with van der Waals surface area (Å²) in [6.07, 6.45) is 0.952. The zero-order valence-corrected chi connectivity index (χ0v) is 16.7. The fourth-order valence-electron chi connectivity index (χ4n) is 2.77. The number of carbonyl (C=O) groups is 1. The molecule has 144 valence electrons. The number of nitrogens with zero attached hydrogens (tertiary/aromatic N) is 1. The highest BCUT2D eigenvalue weighted by Gasteiger charge is 2.20. The summed E-state index contributed by atoms with van der Waals surface area (Å²) in [5.41, 5.74) is 8.49. The van der Waals surface area contributed by atoms with Crippen molar-refractivity contribution in [1.29, 1.82) is 0 Å². The molecule has 1 heterocycles. The zero-order chi connectivity index (χ0) is 20.4. The molecule has 4 nitrogen and oxygen atoms in total. The predicted octanol–water partition coefficient (Wildman–Crippen LogP) is 6.12. The summed E-state index contributed by atoms with van der Waals surface area (Å²) >= 11 is 12.2. The van der Waals surface area contributed by atoms with Crippen LogP contribution in [0.4, 0.5) is 10.2 Å². The first kappa shape index (κ1) is 20.1. The van der Waals surface area contributed by atoms with Crippen LogP contribution in [0, 0.1) is 5.82 Å². The molecule has 0 fully saturated rings. The van der Waals surface area contributed by atoms with E-state index in [4.69, 9.17) is 33.7 Å². The van der Waals surface area contributed by atoms with E-state index in [2.05, 4.69) is 4.98 Å². The number of ether oxygens (including phenoxy) is 1. The zero-order valence-electron chi connectivity index (χ0n) is 15.2. The number of ketones is 1. The van der Waals surface area contributed by atoms with Gasteiger partial charge in [0.25, 0.3) is 0 Å². The first-order valence-electron chi connectivity index (χ1n) is 8.45. The molecule has 1 atom stereocenters. The normalized spacial score (nSPS) is 11.9. The van der Waals surface area contributed by atoms with Crippen LogP contribution < -0.4 is 10.5 Å². The maximum Gasteiger partial charge on any atom is 0.166 e. The number of hydrogen-bond acceptors (Lipinski definition) is 4. The lowest BCUT2D eigenvalue weighted by Gasteiger charge is -2.19. The Balaban J connectivity index is 1.92. The van der Waals surface area contributed by atoms with Crippen LogP contribution in [0.1, 0.15) is 35.9 Å². The lowest BCUT2D eigenvalue weighted by molar-refractivity contribution is 0.101. The number of nitrogen functional groups attached to an aromatic ring is 1. The Morgan fingerprint density at radius 2 is 1.82 bits per heavy atom. The van der Waals surface area contributed by atoms with Gasteiger partial charge < -0.3 is 10.5 Å². The van der Waals surface area contributed by atoms with Crippen LogP contribution >= 0.6 is 23.2 Å². The molecule has 28 heavy (non-hydrogen) atoms. The predicted molar refractivity (Wildman–Crippen MR) is 110 cm³/mol. The van der Waals surface area contributed by atoms with Crippen LogP contribution in [0.3, 0.4) is 0 Å². The highest BCUT2D eigenvalue weighted by molar-refractivity contribution is 6.36. The molecule has 0 aliphatic heterocycles. The minimum atomic E-state index is -0.657. The molecular weight excluding hydrogens is 402 g/mol. The van der Waals surface area contributed by atoms with Crippen molar-refractivity contribution >= 4 is 34.8 Å². The van der Waals surface area contributed by atoms with Crippen LogP contribution in [-0.4, -0.2) is 10.8 Å². The van der Waals surface area contributed by atoms with Crippen molar-refractivity contribution in [2.24, 2.45) is 0 Å². The van der Waals surface area contributed by atoms with Crippen LogP contribution in [-0.2, 0) is 0 Å². The van der Waals surface area contributed by atoms with Gasteiger partial charge in [-0.3, -0.25) is 4.79 Å². The van der Waals surface area contributed by atoms with Gasteiger partial charge in [-0.15, -0.1) is 0 Å². The number of nitrogens with two attached hydrogens (primary N) is 1. The Kier molecular flexibility index (Phi) is 5.87. The molecule has 0 radical (unpaired) electrons. The molecule has 7 heteroatoms. The minimum absolute atomic E-state index is 0.0105. The van der Waals surface area contributed by atoms with Crippen LogP contribution in [0.5, 0.6) is 5.75 Å². The van der Waals surface area contributed by atoms with Crippen molar-refractivity contribution in [3.8, 4) is 16.9 Å². The molecular formula is C21H17Cl2FN2O2. The smallest absolute Gasteiger partial charge is 0.166 e. The topological polar surface area (TPSA) is 65.2 Å². The van der Waals surface area contributed by atoms with Crippen LogP contribution in [0.25, 0.3) is 11.1 Å². The van der Waals surface area contributed by atoms with Gasteiger partial charge in [0.05, 0.1) is 5.02 Å². The Morgan fingerprint density at radius 3 is 2.46 bits per heavy atom. The van der Waals surface area contributed by atoms with E-state index in [0.717, 1.165) is 11.1 Å². The summed E-state index contributed by atoms with van der Waals surface area (Å²) in [5.74, 6) is -0.0951. The molecule has 0 amide bonds. The summed E-state index contributed by atoms with van der Waals surface area (Å²) in [6.45, 7) is 3.20. The average molecular weight is 419 g/mol. The van der Waals surface area contributed by atoms with Crippen molar-refractivity contribution < 1.29 is 13.9 Å². The van der Waals surface area contributed by atoms with Crippen LogP contribution in [0.2, 0.25) is 10.0 Å². The molecule has 2 N–H and O–H groups in total. The molecule has 0 saturated heterocycles. The number of rotatable bonds is 5. The molecule has 0 spiro atoms. The molecule has 1 unspecified atom stereocenters. The fraction of sp³-hybridized carbons (Fsp3) is 0.143. The second-order valence-electron chi connectivity index (χ2n) is 6.26. The summed E-state index contributed by atoms with van der Waals surface area (Å²) in [7, 11) is 0. The third-order valence-electron chi connectivity index (χ3n) is 4.30. The van der Waals surface area contributed by atoms with E-state index >= 15 is 0 Å². The number of pyridine rings is 1. The molecule has 0 bridgehead atoms. The van der Waals surface area contributed by atoms with Gasteiger partial charge in [-0.1, -0.05) is 47.5 Å². The van der Waals surface area contributed by atoms with E-state index in [-0.39, 0.29) is 16.6 Å². The van der Waals surface area contributed by atoms with Crippen molar-refractivity contribution in [3.63, 3.8) is 0 Å². The Labute approximate surface area is 172 Å². The van der Waals surface area contributed by atoms with Crippen molar-refractivity contribution in [2.75, 3.05) is 5.73 Å².